The van der Waals surface area contributed by atoms with Gasteiger partial charge >= 0.3 is 12.2 Å². The Hall–Kier alpha value is -2.32. The molecular weight excluding hydrogens is 338 g/mol. The highest BCUT2D eigenvalue weighted by molar-refractivity contribution is 5.68. The number of aliphatic hydroxyl groups is 1. The first-order valence-electron chi connectivity index (χ1n) is 8.48. The first-order chi connectivity index (χ1) is 12.2. The minimum absolute atomic E-state index is 0.104. The zero-order chi connectivity index (χ0) is 19.6. The molecule has 1 aromatic rings. The van der Waals surface area contributed by atoms with Crippen molar-refractivity contribution in [3.05, 3.63) is 35.9 Å². The predicted molar refractivity (Wildman–Crippen MR) is 97.3 cm³/mol. The van der Waals surface area contributed by atoms with Crippen molar-refractivity contribution in [1.82, 2.24) is 15.8 Å². The highest BCUT2D eigenvalue weighted by Gasteiger charge is 2.20. The number of amides is 2. The number of hydrazine groups is 1. The van der Waals surface area contributed by atoms with Crippen LogP contribution in [0.1, 0.15) is 32.8 Å². The van der Waals surface area contributed by atoms with Crippen LogP contribution in [-0.4, -0.2) is 54.1 Å². The normalized spacial score (nSPS) is 12.4. The van der Waals surface area contributed by atoms with Crippen LogP contribution in [0.25, 0.3) is 0 Å². The second-order valence-corrected chi connectivity index (χ2v) is 6.91. The van der Waals surface area contributed by atoms with Gasteiger partial charge in [-0.2, -0.15) is 0 Å². The number of likely N-dealkylation sites (N-methyl/N-ethyl adjacent to an activating group) is 1. The summed E-state index contributed by atoms with van der Waals surface area (Å²) < 4.78 is 10.3. The van der Waals surface area contributed by atoms with Gasteiger partial charge in [0.25, 0.3) is 0 Å². The molecule has 1 aromatic carbocycles. The number of rotatable bonds is 8. The van der Waals surface area contributed by atoms with E-state index in [1.54, 1.807) is 27.8 Å². The molecule has 26 heavy (non-hydrogen) atoms. The van der Waals surface area contributed by atoms with Crippen LogP contribution in [0.5, 0.6) is 0 Å². The molecule has 0 fully saturated rings. The van der Waals surface area contributed by atoms with Gasteiger partial charge in [0.15, 0.2) is 0 Å². The molecule has 0 heterocycles. The number of hydrogen-bond donors (Lipinski definition) is 3. The van der Waals surface area contributed by atoms with Crippen LogP contribution in [0.3, 0.4) is 0 Å². The molecule has 2 amide bonds. The van der Waals surface area contributed by atoms with E-state index in [4.69, 9.17) is 14.6 Å². The first-order valence-corrected chi connectivity index (χ1v) is 8.48. The van der Waals surface area contributed by atoms with E-state index in [0.29, 0.717) is 6.42 Å². The molecule has 0 aromatic heterocycles. The van der Waals surface area contributed by atoms with E-state index in [9.17, 15) is 9.59 Å². The van der Waals surface area contributed by atoms with E-state index < -0.39 is 23.8 Å². The lowest BCUT2D eigenvalue weighted by molar-refractivity contribution is 0.0476. The standard InChI is InChI=1S/C18H29N3O5/c1-18(2,3)26-16(23)19-15(10-11-22)12-21(4)20-17(24)25-13-14-8-6-5-7-9-14/h5-9,15,22H,10-13H2,1-4H3,(H,19,23)(H,20,24)/t15-/m1/s1. The molecule has 8 nitrogen and oxygen atoms in total. The van der Waals surface area contributed by atoms with Gasteiger partial charge in [-0.15, -0.1) is 0 Å². The highest BCUT2D eigenvalue weighted by atomic mass is 16.6. The lowest BCUT2D eigenvalue weighted by Crippen LogP contribution is -2.49. The van der Waals surface area contributed by atoms with E-state index >= 15 is 0 Å². The number of carbonyl (C=O) groups excluding carboxylic acids is 2. The number of alkyl carbamates (subject to hydrolysis) is 1. The van der Waals surface area contributed by atoms with Crippen molar-refractivity contribution >= 4 is 12.2 Å². The van der Waals surface area contributed by atoms with Crippen molar-refractivity contribution in [2.45, 2.75) is 45.4 Å². The zero-order valence-electron chi connectivity index (χ0n) is 15.8. The van der Waals surface area contributed by atoms with Gasteiger partial charge in [0.1, 0.15) is 12.2 Å². The predicted octanol–water partition coefficient (Wildman–Crippen LogP) is 2.04. The minimum Gasteiger partial charge on any atom is -0.444 e. The second-order valence-electron chi connectivity index (χ2n) is 6.91. The second kappa shape index (κ2) is 10.6. The fourth-order valence-electron chi connectivity index (χ4n) is 2.13. The number of ether oxygens (including phenoxy) is 2. The Morgan fingerprint density at radius 2 is 1.85 bits per heavy atom. The Morgan fingerprint density at radius 3 is 2.42 bits per heavy atom. The van der Waals surface area contributed by atoms with Gasteiger partial charge in [0, 0.05) is 26.2 Å². The monoisotopic (exact) mass is 367 g/mol. The van der Waals surface area contributed by atoms with Gasteiger partial charge in [0.2, 0.25) is 0 Å². The molecule has 0 radical (unpaired) electrons. The van der Waals surface area contributed by atoms with Gasteiger partial charge < -0.3 is 19.9 Å². The van der Waals surface area contributed by atoms with Crippen molar-refractivity contribution < 1.29 is 24.2 Å². The Balaban J connectivity index is 2.41. The minimum atomic E-state index is -0.612. The van der Waals surface area contributed by atoms with Crippen LogP contribution in [0, 0.1) is 0 Å². The highest BCUT2D eigenvalue weighted by Crippen LogP contribution is 2.07. The van der Waals surface area contributed by atoms with Crippen molar-refractivity contribution in [2.24, 2.45) is 0 Å². The van der Waals surface area contributed by atoms with Gasteiger partial charge in [-0.05, 0) is 32.8 Å². The van der Waals surface area contributed by atoms with Crippen LogP contribution in [0.15, 0.2) is 30.3 Å². The van der Waals surface area contributed by atoms with Gasteiger partial charge in [0.05, 0.1) is 0 Å². The SMILES string of the molecule is CN(C[C@@H](CCO)NC(=O)OC(C)(C)C)NC(=O)OCc1ccccc1. The van der Waals surface area contributed by atoms with Crippen LogP contribution < -0.4 is 10.7 Å². The van der Waals surface area contributed by atoms with Crippen molar-refractivity contribution in [3.8, 4) is 0 Å². The summed E-state index contributed by atoms with van der Waals surface area (Å²) in [6.07, 6.45) is -0.850. The number of aliphatic hydroxyl groups excluding tert-OH is 1. The summed E-state index contributed by atoms with van der Waals surface area (Å²) in [5.74, 6) is 0. The van der Waals surface area contributed by atoms with Crippen molar-refractivity contribution in [3.63, 3.8) is 0 Å². The van der Waals surface area contributed by atoms with E-state index in [2.05, 4.69) is 10.7 Å². The zero-order valence-corrected chi connectivity index (χ0v) is 15.8. The van der Waals surface area contributed by atoms with Crippen LogP contribution in [-0.2, 0) is 16.1 Å². The number of hydrogen-bond acceptors (Lipinski definition) is 6. The Kier molecular flexibility index (Phi) is 8.87. The molecule has 0 spiro atoms. The van der Waals surface area contributed by atoms with Crippen LogP contribution in [0.2, 0.25) is 0 Å². The summed E-state index contributed by atoms with van der Waals surface area (Å²) in [6.45, 7) is 5.64. The molecule has 8 heteroatoms. The number of benzene rings is 1. The fourth-order valence-corrected chi connectivity index (χ4v) is 2.13. The maximum Gasteiger partial charge on any atom is 0.422 e. The third-order valence-electron chi connectivity index (χ3n) is 3.19. The summed E-state index contributed by atoms with van der Waals surface area (Å²) in [5, 5.41) is 13.3. The fraction of sp³-hybridized carbons (Fsp3) is 0.556. The third-order valence-corrected chi connectivity index (χ3v) is 3.19. The molecule has 1 atom stereocenters. The number of carbonyl (C=O) groups is 2. The molecule has 0 saturated carbocycles. The van der Waals surface area contributed by atoms with E-state index in [0.717, 1.165) is 5.56 Å². The van der Waals surface area contributed by atoms with Gasteiger partial charge in [-0.1, -0.05) is 30.3 Å². The van der Waals surface area contributed by atoms with Gasteiger partial charge in [-0.3, -0.25) is 5.43 Å². The molecular formula is C18H29N3O5. The van der Waals surface area contributed by atoms with E-state index in [1.807, 2.05) is 30.3 Å². The Labute approximate surface area is 154 Å². The third kappa shape index (κ3) is 9.85. The summed E-state index contributed by atoms with van der Waals surface area (Å²) in [6, 6.07) is 8.94. The topological polar surface area (TPSA) is 100 Å². The quantitative estimate of drug-likeness (QED) is 0.608. The molecule has 0 aliphatic rings. The summed E-state index contributed by atoms with van der Waals surface area (Å²) >= 11 is 0. The Morgan fingerprint density at radius 1 is 1.19 bits per heavy atom. The summed E-state index contributed by atoms with van der Waals surface area (Å²) in [5.41, 5.74) is 2.83. The average Bonchev–Trinajstić information content (AvgIpc) is 2.52. The number of nitrogens with one attached hydrogen (secondary N) is 2. The maximum atomic E-state index is 11.9. The largest absolute Gasteiger partial charge is 0.444 e. The molecule has 0 saturated heterocycles. The lowest BCUT2D eigenvalue weighted by atomic mass is 10.2. The molecule has 0 unspecified atom stereocenters. The van der Waals surface area contributed by atoms with Crippen molar-refractivity contribution in [2.75, 3.05) is 20.2 Å². The van der Waals surface area contributed by atoms with Gasteiger partial charge in [-0.25, -0.2) is 14.6 Å². The summed E-state index contributed by atoms with van der Waals surface area (Å²) in [4.78, 5) is 23.7. The summed E-state index contributed by atoms with van der Waals surface area (Å²) in [7, 11) is 1.64. The number of nitrogens with zero attached hydrogens (tertiary/aromatic N) is 1. The van der Waals surface area contributed by atoms with Crippen molar-refractivity contribution in [1.29, 1.82) is 0 Å². The molecule has 0 aliphatic carbocycles. The van der Waals surface area contributed by atoms with E-state index in [-0.39, 0.29) is 19.8 Å². The average molecular weight is 367 g/mol. The lowest BCUT2D eigenvalue weighted by Gasteiger charge is -2.26. The molecule has 0 bridgehead atoms. The van der Waals surface area contributed by atoms with Crippen LogP contribution >= 0.6 is 0 Å². The molecule has 0 aliphatic heterocycles. The maximum absolute atomic E-state index is 11.9. The first kappa shape index (κ1) is 21.7. The molecule has 146 valence electrons. The molecule has 1 rings (SSSR count). The van der Waals surface area contributed by atoms with Crippen LogP contribution in [0.4, 0.5) is 9.59 Å². The molecule has 3 N–H and O–H groups in total. The van der Waals surface area contributed by atoms with E-state index in [1.165, 1.54) is 5.01 Å². The Bertz CT molecular complexity index is 560. The smallest absolute Gasteiger partial charge is 0.422 e.